The Kier molecular flexibility index (Phi) is 4.99. The van der Waals surface area contributed by atoms with Crippen molar-refractivity contribution in [2.75, 3.05) is 5.32 Å². The summed E-state index contributed by atoms with van der Waals surface area (Å²) in [5, 5.41) is 5.98. The molecule has 160 valence electrons. The van der Waals surface area contributed by atoms with Crippen LogP contribution in [0.5, 0.6) is 0 Å². The van der Waals surface area contributed by atoms with Crippen LogP contribution in [0.1, 0.15) is 18.0 Å². The fourth-order valence-electron chi connectivity index (χ4n) is 3.04. The molecule has 1 saturated carbocycles. The standard InChI is InChI=1S/C19H12F5N5O2/c20-10-1-9(2-11(21)3-10)12-4-16(31)29(28-17(12)13-5-19(13,23)24)7-15(30)27-18-14(22)6-25-8-26-18/h1-4,6,8,13H,5,7H2,(H,25,26,27,30)/t13-/m1/s1. The highest BCUT2D eigenvalue weighted by Crippen LogP contribution is 2.56. The van der Waals surface area contributed by atoms with Crippen molar-refractivity contribution < 1.29 is 26.7 Å². The van der Waals surface area contributed by atoms with Gasteiger partial charge in [-0.2, -0.15) is 5.10 Å². The van der Waals surface area contributed by atoms with Crippen LogP contribution in [0.25, 0.3) is 11.1 Å². The van der Waals surface area contributed by atoms with Gasteiger partial charge < -0.3 is 5.32 Å². The number of carbonyl (C=O) groups is 1. The number of anilines is 1. The Balaban J connectivity index is 1.70. The van der Waals surface area contributed by atoms with Crippen LogP contribution in [0.4, 0.5) is 27.8 Å². The Hall–Kier alpha value is -3.70. The zero-order chi connectivity index (χ0) is 22.3. The molecule has 7 nitrogen and oxygen atoms in total. The summed E-state index contributed by atoms with van der Waals surface area (Å²) in [6.45, 7) is -0.731. The van der Waals surface area contributed by atoms with Crippen molar-refractivity contribution in [1.82, 2.24) is 19.7 Å². The van der Waals surface area contributed by atoms with Crippen LogP contribution in [0.2, 0.25) is 0 Å². The van der Waals surface area contributed by atoms with E-state index in [-0.39, 0.29) is 16.8 Å². The van der Waals surface area contributed by atoms with Gasteiger partial charge in [-0.05, 0) is 17.7 Å². The van der Waals surface area contributed by atoms with Crippen molar-refractivity contribution in [2.24, 2.45) is 0 Å². The molecule has 2 heterocycles. The van der Waals surface area contributed by atoms with E-state index in [0.717, 1.165) is 30.7 Å². The molecule has 2 aromatic heterocycles. The Labute approximate surface area is 170 Å². The van der Waals surface area contributed by atoms with Crippen molar-refractivity contribution in [1.29, 1.82) is 0 Å². The lowest BCUT2D eigenvalue weighted by Crippen LogP contribution is -2.31. The second-order valence-corrected chi connectivity index (χ2v) is 6.88. The molecule has 0 radical (unpaired) electrons. The molecule has 0 aliphatic heterocycles. The normalized spacial score (nSPS) is 16.7. The van der Waals surface area contributed by atoms with Gasteiger partial charge in [-0.3, -0.25) is 9.59 Å². The van der Waals surface area contributed by atoms with E-state index in [1.165, 1.54) is 0 Å². The molecule has 1 aromatic carbocycles. The first-order valence-corrected chi connectivity index (χ1v) is 8.86. The van der Waals surface area contributed by atoms with E-state index >= 15 is 0 Å². The van der Waals surface area contributed by atoms with Gasteiger partial charge in [0.15, 0.2) is 11.6 Å². The minimum absolute atomic E-state index is 0.139. The summed E-state index contributed by atoms with van der Waals surface area (Å²) in [6, 6.07) is 3.25. The predicted octanol–water partition coefficient (Wildman–Crippen LogP) is 2.88. The first kappa shape index (κ1) is 20.6. The average molecular weight is 437 g/mol. The molecule has 0 bridgehead atoms. The van der Waals surface area contributed by atoms with E-state index in [9.17, 15) is 31.5 Å². The monoisotopic (exact) mass is 437 g/mol. The van der Waals surface area contributed by atoms with Crippen LogP contribution < -0.4 is 10.9 Å². The number of aromatic nitrogens is 4. The summed E-state index contributed by atoms with van der Waals surface area (Å²) >= 11 is 0. The summed E-state index contributed by atoms with van der Waals surface area (Å²) in [7, 11) is 0. The molecule has 31 heavy (non-hydrogen) atoms. The molecular formula is C19H12F5N5O2. The van der Waals surface area contributed by atoms with E-state index in [1.54, 1.807) is 0 Å². The molecule has 4 rings (SSSR count). The maximum absolute atomic E-state index is 13.8. The molecule has 1 aliphatic rings. The fraction of sp³-hybridized carbons (Fsp3) is 0.211. The van der Waals surface area contributed by atoms with E-state index < -0.39 is 59.5 Å². The number of nitrogens with one attached hydrogen (secondary N) is 1. The highest BCUT2D eigenvalue weighted by Gasteiger charge is 2.59. The molecule has 1 atom stereocenters. The third kappa shape index (κ3) is 4.27. The van der Waals surface area contributed by atoms with Gasteiger partial charge in [0.25, 0.3) is 11.5 Å². The molecular weight excluding hydrogens is 425 g/mol. The number of rotatable bonds is 5. The average Bonchev–Trinajstić information content (AvgIpc) is 3.32. The number of amides is 1. The molecule has 3 aromatic rings. The maximum atomic E-state index is 13.8. The largest absolute Gasteiger partial charge is 0.307 e. The van der Waals surface area contributed by atoms with Crippen molar-refractivity contribution in [2.45, 2.75) is 24.8 Å². The van der Waals surface area contributed by atoms with Gasteiger partial charge in [0.2, 0.25) is 5.91 Å². The van der Waals surface area contributed by atoms with Crippen molar-refractivity contribution in [3.63, 3.8) is 0 Å². The second kappa shape index (κ2) is 7.52. The van der Waals surface area contributed by atoms with Crippen LogP contribution >= 0.6 is 0 Å². The number of hydrogen-bond acceptors (Lipinski definition) is 5. The van der Waals surface area contributed by atoms with Gasteiger partial charge in [-0.15, -0.1) is 0 Å². The number of carbonyl (C=O) groups excluding carboxylic acids is 1. The van der Waals surface area contributed by atoms with Gasteiger partial charge in [-0.1, -0.05) is 0 Å². The Morgan fingerprint density at radius 1 is 1.16 bits per heavy atom. The molecule has 1 aliphatic carbocycles. The van der Waals surface area contributed by atoms with E-state index in [1.807, 2.05) is 0 Å². The van der Waals surface area contributed by atoms with Crippen LogP contribution in [0.15, 0.2) is 41.6 Å². The first-order chi connectivity index (χ1) is 14.6. The summed E-state index contributed by atoms with van der Waals surface area (Å²) in [4.78, 5) is 31.6. The van der Waals surface area contributed by atoms with Gasteiger partial charge in [-0.25, -0.2) is 36.6 Å². The van der Waals surface area contributed by atoms with Crippen LogP contribution in [-0.2, 0) is 11.3 Å². The van der Waals surface area contributed by atoms with Gasteiger partial charge in [0.05, 0.1) is 17.8 Å². The molecule has 0 saturated heterocycles. The van der Waals surface area contributed by atoms with Crippen molar-refractivity contribution in [3.05, 3.63) is 70.3 Å². The summed E-state index contributed by atoms with van der Waals surface area (Å²) in [6.07, 6.45) is 1.23. The van der Waals surface area contributed by atoms with Gasteiger partial charge in [0, 0.05) is 24.1 Å². The van der Waals surface area contributed by atoms with Crippen molar-refractivity contribution in [3.8, 4) is 11.1 Å². The number of nitrogens with zero attached hydrogens (tertiary/aromatic N) is 4. The Morgan fingerprint density at radius 2 is 1.84 bits per heavy atom. The lowest BCUT2D eigenvalue weighted by Gasteiger charge is -2.12. The first-order valence-electron chi connectivity index (χ1n) is 8.86. The maximum Gasteiger partial charge on any atom is 0.267 e. The summed E-state index contributed by atoms with van der Waals surface area (Å²) < 4.78 is 68.9. The molecule has 1 amide bonds. The minimum Gasteiger partial charge on any atom is -0.307 e. The zero-order valence-corrected chi connectivity index (χ0v) is 15.5. The zero-order valence-electron chi connectivity index (χ0n) is 15.5. The minimum atomic E-state index is -3.11. The lowest BCUT2D eigenvalue weighted by atomic mass is 10.0. The molecule has 1 N–H and O–H groups in total. The molecule has 12 heteroatoms. The number of hydrogen-bond donors (Lipinski definition) is 1. The van der Waals surface area contributed by atoms with E-state index in [2.05, 4.69) is 20.4 Å². The highest BCUT2D eigenvalue weighted by atomic mass is 19.3. The second-order valence-electron chi connectivity index (χ2n) is 6.88. The predicted molar refractivity (Wildman–Crippen MR) is 96.8 cm³/mol. The molecule has 0 unspecified atom stereocenters. The Morgan fingerprint density at radius 3 is 2.45 bits per heavy atom. The SMILES string of the molecule is O=C(Cn1nc([C@H]2CC2(F)F)c(-c2cc(F)cc(F)c2)cc1=O)Nc1ncncc1F. The number of halogens is 5. The number of benzene rings is 1. The van der Waals surface area contributed by atoms with Crippen LogP contribution in [0.3, 0.4) is 0 Å². The van der Waals surface area contributed by atoms with Gasteiger partial charge in [0.1, 0.15) is 24.5 Å². The summed E-state index contributed by atoms with van der Waals surface area (Å²) in [5.74, 6) is -8.67. The smallest absolute Gasteiger partial charge is 0.267 e. The summed E-state index contributed by atoms with van der Waals surface area (Å²) in [5.41, 5.74) is -1.47. The lowest BCUT2D eigenvalue weighted by molar-refractivity contribution is -0.117. The van der Waals surface area contributed by atoms with Crippen LogP contribution in [-0.4, -0.2) is 31.6 Å². The van der Waals surface area contributed by atoms with Gasteiger partial charge >= 0.3 is 0 Å². The van der Waals surface area contributed by atoms with E-state index in [0.29, 0.717) is 10.7 Å². The molecule has 1 fully saturated rings. The third-order valence-corrected chi connectivity index (χ3v) is 4.57. The quantitative estimate of drug-likeness (QED) is 0.620. The Bertz CT molecular complexity index is 1230. The highest BCUT2D eigenvalue weighted by molar-refractivity contribution is 5.89. The molecule has 0 spiro atoms. The fourth-order valence-corrected chi connectivity index (χ4v) is 3.04. The van der Waals surface area contributed by atoms with Crippen molar-refractivity contribution >= 4 is 11.7 Å². The topological polar surface area (TPSA) is 89.8 Å². The van der Waals surface area contributed by atoms with Crippen LogP contribution in [0, 0.1) is 17.5 Å². The number of alkyl halides is 2. The third-order valence-electron chi connectivity index (χ3n) is 4.57. The van der Waals surface area contributed by atoms with E-state index in [4.69, 9.17) is 0 Å².